The maximum absolute atomic E-state index is 12.2. The van der Waals surface area contributed by atoms with Gasteiger partial charge in [0, 0.05) is 17.3 Å². The van der Waals surface area contributed by atoms with Crippen LogP contribution >= 0.6 is 11.3 Å². The lowest BCUT2D eigenvalue weighted by Gasteiger charge is -2.16. The molecule has 0 saturated heterocycles. The number of nitrogens with one attached hydrogen (secondary N) is 1. The van der Waals surface area contributed by atoms with Gasteiger partial charge in [-0.05, 0) is 31.5 Å². The Morgan fingerprint density at radius 2 is 2.21 bits per heavy atom. The van der Waals surface area contributed by atoms with Crippen LogP contribution < -0.4 is 11.1 Å². The molecule has 2 atom stereocenters. The zero-order chi connectivity index (χ0) is 13.8. The number of carbonyl (C=O) groups excluding carboxylic acids is 1. The molecule has 0 aliphatic rings. The summed E-state index contributed by atoms with van der Waals surface area (Å²) in [6.07, 6.45) is 1.74. The maximum Gasteiger partial charge on any atom is 0.227 e. The predicted molar refractivity (Wildman–Crippen MR) is 77.9 cm³/mol. The van der Waals surface area contributed by atoms with Gasteiger partial charge < -0.3 is 11.1 Å². The van der Waals surface area contributed by atoms with Crippen LogP contribution in [0.15, 0.2) is 35.8 Å². The molecule has 1 heterocycles. The number of nitrogens with two attached hydrogens (primary N) is 1. The largest absolute Gasteiger partial charge is 0.399 e. The first-order valence-electron chi connectivity index (χ1n) is 6.13. The molecule has 5 heteroatoms. The second-order valence-corrected chi connectivity index (χ2v) is 5.42. The molecule has 0 aliphatic heterocycles. The highest BCUT2D eigenvalue weighted by molar-refractivity contribution is 7.09. The predicted octanol–water partition coefficient (Wildman–Crippen LogP) is 2.71. The Balaban J connectivity index is 2.04. The van der Waals surface area contributed by atoms with Gasteiger partial charge in [-0.15, -0.1) is 11.3 Å². The summed E-state index contributed by atoms with van der Waals surface area (Å²) in [7, 11) is 0. The average molecular weight is 275 g/mol. The van der Waals surface area contributed by atoms with Crippen molar-refractivity contribution in [2.45, 2.75) is 25.8 Å². The van der Waals surface area contributed by atoms with Crippen molar-refractivity contribution in [2.75, 3.05) is 5.73 Å². The Kier molecular flexibility index (Phi) is 4.16. The van der Waals surface area contributed by atoms with Crippen LogP contribution in [0.5, 0.6) is 0 Å². The van der Waals surface area contributed by atoms with Gasteiger partial charge in [0.2, 0.25) is 5.91 Å². The number of nitrogens with zero attached hydrogens (tertiary/aromatic N) is 1. The fraction of sp³-hybridized carbons (Fsp3) is 0.286. The third-order valence-electron chi connectivity index (χ3n) is 2.98. The van der Waals surface area contributed by atoms with Crippen molar-refractivity contribution < 1.29 is 4.79 Å². The summed E-state index contributed by atoms with van der Waals surface area (Å²) in [5, 5.41) is 5.78. The molecule has 0 bridgehead atoms. The van der Waals surface area contributed by atoms with E-state index in [0.29, 0.717) is 5.69 Å². The van der Waals surface area contributed by atoms with Crippen LogP contribution in [0.1, 0.15) is 36.4 Å². The molecule has 3 N–H and O–H groups in total. The Bertz CT molecular complexity index is 554. The second kappa shape index (κ2) is 5.84. The molecule has 4 nitrogen and oxygen atoms in total. The van der Waals surface area contributed by atoms with E-state index in [1.165, 1.54) is 11.3 Å². The first-order chi connectivity index (χ1) is 9.08. The van der Waals surface area contributed by atoms with E-state index in [2.05, 4.69) is 10.3 Å². The van der Waals surface area contributed by atoms with Crippen LogP contribution in [-0.4, -0.2) is 10.9 Å². The van der Waals surface area contributed by atoms with Crippen molar-refractivity contribution in [2.24, 2.45) is 0 Å². The van der Waals surface area contributed by atoms with E-state index in [9.17, 15) is 4.79 Å². The van der Waals surface area contributed by atoms with Crippen LogP contribution in [0, 0.1) is 0 Å². The number of hydrogen-bond donors (Lipinski definition) is 2. The normalized spacial score (nSPS) is 13.8. The fourth-order valence-corrected chi connectivity index (χ4v) is 2.47. The molecule has 0 spiro atoms. The van der Waals surface area contributed by atoms with Crippen LogP contribution in [0.4, 0.5) is 5.69 Å². The molecule has 1 aromatic carbocycles. The summed E-state index contributed by atoms with van der Waals surface area (Å²) in [4.78, 5) is 16.4. The summed E-state index contributed by atoms with van der Waals surface area (Å²) in [6.45, 7) is 3.81. The van der Waals surface area contributed by atoms with Crippen molar-refractivity contribution in [3.63, 3.8) is 0 Å². The quantitative estimate of drug-likeness (QED) is 0.843. The number of carbonyl (C=O) groups is 1. The smallest absolute Gasteiger partial charge is 0.227 e. The van der Waals surface area contributed by atoms with Crippen molar-refractivity contribution in [3.05, 3.63) is 46.4 Å². The Hall–Kier alpha value is -1.88. The van der Waals surface area contributed by atoms with Crippen LogP contribution in [-0.2, 0) is 4.79 Å². The lowest BCUT2D eigenvalue weighted by molar-refractivity contribution is -0.122. The second-order valence-electron chi connectivity index (χ2n) is 4.49. The van der Waals surface area contributed by atoms with E-state index in [0.717, 1.165) is 10.6 Å². The summed E-state index contributed by atoms with van der Waals surface area (Å²) in [5.41, 5.74) is 7.33. The van der Waals surface area contributed by atoms with Crippen molar-refractivity contribution in [1.29, 1.82) is 0 Å². The highest BCUT2D eigenvalue weighted by Crippen LogP contribution is 2.20. The number of aromatic nitrogens is 1. The van der Waals surface area contributed by atoms with Crippen LogP contribution in [0.25, 0.3) is 0 Å². The summed E-state index contributed by atoms with van der Waals surface area (Å²) < 4.78 is 0. The molecular weight excluding hydrogens is 258 g/mol. The molecule has 1 amide bonds. The van der Waals surface area contributed by atoms with Crippen molar-refractivity contribution >= 4 is 22.9 Å². The zero-order valence-electron chi connectivity index (χ0n) is 11.0. The van der Waals surface area contributed by atoms with E-state index in [-0.39, 0.29) is 17.9 Å². The van der Waals surface area contributed by atoms with E-state index < -0.39 is 0 Å². The molecule has 2 rings (SSSR count). The number of amides is 1. The standard InChI is InChI=1S/C14H17N3OS/c1-9(11-4-3-5-12(15)8-11)13(18)17-10(2)14-16-6-7-19-14/h3-10H,15H2,1-2H3,(H,17,18). The van der Waals surface area contributed by atoms with E-state index >= 15 is 0 Å². The van der Waals surface area contributed by atoms with E-state index in [1.807, 2.05) is 43.5 Å². The third-order valence-corrected chi connectivity index (χ3v) is 3.94. The average Bonchev–Trinajstić information content (AvgIpc) is 2.91. The van der Waals surface area contributed by atoms with Crippen LogP contribution in [0.3, 0.4) is 0 Å². The lowest BCUT2D eigenvalue weighted by atomic mass is 9.99. The Labute approximate surface area is 116 Å². The fourth-order valence-electron chi connectivity index (χ4n) is 1.83. The third kappa shape index (κ3) is 3.32. The molecule has 19 heavy (non-hydrogen) atoms. The molecule has 1 aromatic heterocycles. The van der Waals surface area contributed by atoms with Crippen molar-refractivity contribution in [1.82, 2.24) is 10.3 Å². The number of anilines is 1. The molecule has 0 saturated carbocycles. The zero-order valence-corrected chi connectivity index (χ0v) is 11.8. The number of rotatable bonds is 4. The van der Waals surface area contributed by atoms with Gasteiger partial charge >= 0.3 is 0 Å². The maximum atomic E-state index is 12.2. The molecule has 2 unspecified atom stereocenters. The first kappa shape index (κ1) is 13.5. The molecule has 2 aromatic rings. The van der Waals surface area contributed by atoms with Gasteiger partial charge in [0.1, 0.15) is 5.01 Å². The van der Waals surface area contributed by atoms with E-state index in [1.54, 1.807) is 6.20 Å². The summed E-state index contributed by atoms with van der Waals surface area (Å²) in [5.74, 6) is -0.251. The summed E-state index contributed by atoms with van der Waals surface area (Å²) in [6, 6.07) is 7.34. The van der Waals surface area contributed by atoms with E-state index in [4.69, 9.17) is 5.73 Å². The van der Waals surface area contributed by atoms with Gasteiger partial charge in [-0.25, -0.2) is 4.98 Å². The molecule has 0 radical (unpaired) electrons. The molecule has 0 fully saturated rings. The first-order valence-corrected chi connectivity index (χ1v) is 7.01. The summed E-state index contributed by atoms with van der Waals surface area (Å²) >= 11 is 1.54. The van der Waals surface area contributed by atoms with Crippen LogP contribution in [0.2, 0.25) is 0 Å². The van der Waals surface area contributed by atoms with Gasteiger partial charge in [-0.2, -0.15) is 0 Å². The minimum atomic E-state index is -0.231. The van der Waals surface area contributed by atoms with Crippen molar-refractivity contribution in [3.8, 4) is 0 Å². The SMILES string of the molecule is CC(NC(=O)C(C)c1cccc(N)c1)c1nccs1. The molecule has 100 valence electrons. The number of thiazole rings is 1. The topological polar surface area (TPSA) is 68.0 Å². The van der Waals surface area contributed by atoms with Gasteiger partial charge in [-0.1, -0.05) is 12.1 Å². The van der Waals surface area contributed by atoms with Gasteiger partial charge in [-0.3, -0.25) is 4.79 Å². The Morgan fingerprint density at radius 1 is 1.42 bits per heavy atom. The Morgan fingerprint density at radius 3 is 2.84 bits per heavy atom. The van der Waals surface area contributed by atoms with Gasteiger partial charge in [0.15, 0.2) is 0 Å². The number of hydrogen-bond acceptors (Lipinski definition) is 4. The minimum absolute atomic E-state index is 0.0201. The highest BCUT2D eigenvalue weighted by Gasteiger charge is 2.18. The minimum Gasteiger partial charge on any atom is -0.399 e. The highest BCUT2D eigenvalue weighted by atomic mass is 32.1. The van der Waals surface area contributed by atoms with Gasteiger partial charge in [0.05, 0.1) is 12.0 Å². The molecule has 0 aliphatic carbocycles. The number of benzene rings is 1. The number of nitrogen functional groups attached to an aromatic ring is 1. The molecular formula is C14H17N3OS. The monoisotopic (exact) mass is 275 g/mol. The lowest BCUT2D eigenvalue weighted by Crippen LogP contribution is -2.30. The van der Waals surface area contributed by atoms with Gasteiger partial charge in [0.25, 0.3) is 0 Å².